The molecule has 2 aromatic rings. The van der Waals surface area contributed by atoms with E-state index in [-0.39, 0.29) is 18.2 Å². The molecule has 1 heterocycles. The average molecular weight is 341 g/mol. The Bertz CT molecular complexity index is 778. The number of nitrogens with zero attached hydrogens (tertiary/aromatic N) is 1. The molecule has 0 atom stereocenters. The summed E-state index contributed by atoms with van der Waals surface area (Å²) in [4.78, 5) is 25.3. The number of carbonyl (C=O) groups is 2. The van der Waals surface area contributed by atoms with Crippen LogP contribution in [-0.2, 0) is 16.0 Å². The second-order valence-corrected chi connectivity index (χ2v) is 6.60. The zero-order valence-electron chi connectivity index (χ0n) is 14.4. The molecule has 1 amide bonds. The average Bonchev–Trinajstić information content (AvgIpc) is 2.61. The number of methoxy groups -OCH3 is 1. The molecule has 1 aliphatic rings. The first-order valence-electron chi connectivity index (χ1n) is 8.62. The highest BCUT2D eigenvalue weighted by atomic mass is 16.5. The van der Waals surface area contributed by atoms with Crippen LogP contribution in [0.15, 0.2) is 36.4 Å². The largest absolute Gasteiger partial charge is 0.497 e. The van der Waals surface area contributed by atoms with E-state index >= 15 is 0 Å². The lowest BCUT2D eigenvalue weighted by Crippen LogP contribution is -2.39. The first-order valence-corrected chi connectivity index (χ1v) is 8.62. The molecule has 0 saturated carbocycles. The Balaban J connectivity index is 1.69. The summed E-state index contributed by atoms with van der Waals surface area (Å²) >= 11 is 0. The van der Waals surface area contributed by atoms with Gasteiger partial charge in [0.15, 0.2) is 0 Å². The van der Waals surface area contributed by atoms with Crippen LogP contribution in [0, 0.1) is 5.92 Å². The van der Waals surface area contributed by atoms with Crippen molar-refractivity contribution in [2.75, 3.05) is 20.2 Å². The third kappa shape index (κ3) is 4.10. The van der Waals surface area contributed by atoms with Crippen molar-refractivity contribution in [2.45, 2.75) is 25.7 Å². The zero-order valence-corrected chi connectivity index (χ0v) is 14.4. The Morgan fingerprint density at radius 2 is 1.96 bits per heavy atom. The Kier molecular flexibility index (Phi) is 5.22. The smallest absolute Gasteiger partial charge is 0.303 e. The highest BCUT2D eigenvalue weighted by Gasteiger charge is 2.24. The van der Waals surface area contributed by atoms with Gasteiger partial charge < -0.3 is 14.7 Å². The second kappa shape index (κ2) is 7.55. The molecule has 0 bridgehead atoms. The number of carboxylic acid groups (broad SMARTS) is 1. The van der Waals surface area contributed by atoms with E-state index < -0.39 is 5.97 Å². The van der Waals surface area contributed by atoms with Gasteiger partial charge in [0.1, 0.15) is 5.75 Å². The van der Waals surface area contributed by atoms with Gasteiger partial charge in [0, 0.05) is 19.5 Å². The molecule has 0 spiro atoms. The summed E-state index contributed by atoms with van der Waals surface area (Å²) in [7, 11) is 1.64. The molecule has 0 aromatic heterocycles. The molecule has 3 rings (SSSR count). The molecule has 132 valence electrons. The van der Waals surface area contributed by atoms with E-state index in [4.69, 9.17) is 9.84 Å². The maximum atomic E-state index is 12.7. The summed E-state index contributed by atoms with van der Waals surface area (Å²) < 4.78 is 5.30. The lowest BCUT2D eigenvalue weighted by Gasteiger charge is -2.31. The topological polar surface area (TPSA) is 66.8 Å². The number of ether oxygens (including phenoxy) is 1. The van der Waals surface area contributed by atoms with Crippen LogP contribution in [0.2, 0.25) is 0 Å². The van der Waals surface area contributed by atoms with Gasteiger partial charge in [-0.15, -0.1) is 0 Å². The SMILES string of the molecule is COc1ccc2cccc(CC(=O)N3CCC(CC(=O)O)CC3)c2c1. The van der Waals surface area contributed by atoms with Crippen molar-refractivity contribution in [2.24, 2.45) is 5.92 Å². The van der Waals surface area contributed by atoms with Gasteiger partial charge in [-0.25, -0.2) is 0 Å². The summed E-state index contributed by atoms with van der Waals surface area (Å²) in [5.74, 6) is 0.309. The van der Waals surface area contributed by atoms with Crippen LogP contribution in [0.25, 0.3) is 10.8 Å². The predicted molar refractivity (Wildman–Crippen MR) is 95.8 cm³/mol. The lowest BCUT2D eigenvalue weighted by molar-refractivity contribution is -0.138. The summed E-state index contributed by atoms with van der Waals surface area (Å²) in [6.07, 6.45) is 2.09. The van der Waals surface area contributed by atoms with Crippen LogP contribution < -0.4 is 4.74 Å². The zero-order chi connectivity index (χ0) is 17.8. The van der Waals surface area contributed by atoms with Gasteiger partial charge in [0.05, 0.1) is 13.5 Å². The van der Waals surface area contributed by atoms with Gasteiger partial charge in [0.2, 0.25) is 5.91 Å². The van der Waals surface area contributed by atoms with Crippen molar-refractivity contribution in [3.8, 4) is 5.75 Å². The third-order valence-corrected chi connectivity index (χ3v) is 4.95. The first-order chi connectivity index (χ1) is 12.1. The Labute approximate surface area is 147 Å². The van der Waals surface area contributed by atoms with E-state index in [0.29, 0.717) is 19.5 Å². The first kappa shape index (κ1) is 17.3. The van der Waals surface area contributed by atoms with Gasteiger partial charge in [-0.05, 0) is 47.2 Å². The molecule has 0 unspecified atom stereocenters. The Morgan fingerprint density at radius 1 is 1.20 bits per heavy atom. The van der Waals surface area contributed by atoms with Crippen molar-refractivity contribution >= 4 is 22.6 Å². The number of hydrogen-bond donors (Lipinski definition) is 1. The normalized spacial score (nSPS) is 15.3. The number of aliphatic carboxylic acids is 1. The van der Waals surface area contributed by atoms with E-state index in [1.54, 1.807) is 7.11 Å². The van der Waals surface area contributed by atoms with Gasteiger partial charge in [-0.3, -0.25) is 9.59 Å². The molecule has 2 aromatic carbocycles. The molecule has 1 saturated heterocycles. The van der Waals surface area contributed by atoms with Crippen LogP contribution in [0.1, 0.15) is 24.8 Å². The number of benzene rings is 2. The van der Waals surface area contributed by atoms with E-state index in [9.17, 15) is 9.59 Å². The van der Waals surface area contributed by atoms with Crippen LogP contribution in [-0.4, -0.2) is 42.1 Å². The molecule has 25 heavy (non-hydrogen) atoms. The molecule has 1 aliphatic heterocycles. The molecule has 5 nitrogen and oxygen atoms in total. The monoisotopic (exact) mass is 341 g/mol. The molecular weight excluding hydrogens is 318 g/mol. The van der Waals surface area contributed by atoms with E-state index in [2.05, 4.69) is 0 Å². The minimum absolute atomic E-state index is 0.101. The summed E-state index contributed by atoms with van der Waals surface area (Å²) in [6.45, 7) is 1.29. The summed E-state index contributed by atoms with van der Waals surface area (Å²) in [5, 5.41) is 11.0. The number of fused-ring (bicyclic) bond motifs is 1. The number of hydrogen-bond acceptors (Lipinski definition) is 3. The van der Waals surface area contributed by atoms with Gasteiger partial charge >= 0.3 is 5.97 Å². The minimum atomic E-state index is -0.755. The quantitative estimate of drug-likeness (QED) is 0.907. The van der Waals surface area contributed by atoms with Crippen LogP contribution in [0.4, 0.5) is 0 Å². The molecule has 0 aliphatic carbocycles. The Morgan fingerprint density at radius 3 is 2.64 bits per heavy atom. The van der Waals surface area contributed by atoms with E-state index in [1.165, 1.54) is 0 Å². The van der Waals surface area contributed by atoms with Crippen molar-refractivity contribution in [3.63, 3.8) is 0 Å². The number of carboxylic acids is 1. The third-order valence-electron chi connectivity index (χ3n) is 4.95. The maximum absolute atomic E-state index is 12.7. The van der Waals surface area contributed by atoms with Crippen molar-refractivity contribution in [3.05, 3.63) is 42.0 Å². The fraction of sp³-hybridized carbons (Fsp3) is 0.400. The highest BCUT2D eigenvalue weighted by Crippen LogP contribution is 2.26. The Hall–Kier alpha value is -2.56. The molecular formula is C20H23NO4. The summed E-state index contributed by atoms with van der Waals surface area (Å²) in [5.41, 5.74) is 0.994. The second-order valence-electron chi connectivity index (χ2n) is 6.60. The highest BCUT2D eigenvalue weighted by molar-refractivity contribution is 5.91. The molecule has 1 N–H and O–H groups in total. The minimum Gasteiger partial charge on any atom is -0.497 e. The number of piperidine rings is 1. The van der Waals surface area contributed by atoms with Crippen LogP contribution >= 0.6 is 0 Å². The van der Waals surface area contributed by atoms with Crippen molar-refractivity contribution < 1.29 is 19.4 Å². The maximum Gasteiger partial charge on any atom is 0.303 e. The number of likely N-dealkylation sites (tertiary alicyclic amines) is 1. The number of carbonyl (C=O) groups excluding carboxylic acids is 1. The molecule has 1 fully saturated rings. The fourth-order valence-electron chi connectivity index (χ4n) is 3.51. The predicted octanol–water partition coefficient (Wildman–Crippen LogP) is 3.10. The van der Waals surface area contributed by atoms with Crippen molar-refractivity contribution in [1.82, 2.24) is 4.90 Å². The van der Waals surface area contributed by atoms with E-state index in [1.807, 2.05) is 41.3 Å². The number of rotatable bonds is 5. The molecule has 0 radical (unpaired) electrons. The fourth-order valence-corrected chi connectivity index (χ4v) is 3.51. The van der Waals surface area contributed by atoms with Gasteiger partial charge in [-0.2, -0.15) is 0 Å². The lowest BCUT2D eigenvalue weighted by atomic mass is 9.93. The molecule has 5 heteroatoms. The summed E-state index contributed by atoms with van der Waals surface area (Å²) in [6, 6.07) is 11.9. The van der Waals surface area contributed by atoms with Crippen LogP contribution in [0.3, 0.4) is 0 Å². The van der Waals surface area contributed by atoms with E-state index in [0.717, 1.165) is 34.9 Å². The standard InChI is InChI=1S/C20H23NO4/c1-25-17-6-5-15-3-2-4-16(18(15)13-17)12-19(22)21-9-7-14(8-10-21)11-20(23)24/h2-6,13-14H,7-12H2,1H3,(H,23,24). The van der Waals surface area contributed by atoms with Crippen LogP contribution in [0.5, 0.6) is 5.75 Å². The number of amides is 1. The van der Waals surface area contributed by atoms with Gasteiger partial charge in [0.25, 0.3) is 0 Å². The van der Waals surface area contributed by atoms with Gasteiger partial charge in [-0.1, -0.05) is 24.3 Å². The van der Waals surface area contributed by atoms with Crippen molar-refractivity contribution in [1.29, 1.82) is 0 Å².